The Balaban J connectivity index is 0. The van der Waals surface area contributed by atoms with Crippen molar-refractivity contribution in [1.82, 2.24) is 10.9 Å². The number of ether oxygens (including phenoxy) is 1. The Labute approximate surface area is 84.2 Å². The molecule has 0 aliphatic carbocycles. The van der Waals surface area contributed by atoms with Crippen molar-refractivity contribution >= 4 is 30.8 Å². The first-order chi connectivity index (χ1) is 4.84. The van der Waals surface area contributed by atoms with Gasteiger partial charge < -0.3 is 4.74 Å². The first-order valence-corrected chi connectivity index (χ1v) is 3.41. The molecule has 0 unspecified atom stereocenters. The highest BCUT2D eigenvalue weighted by Crippen LogP contribution is 2.00. The normalized spacial score (nSPS) is 21.6. The van der Waals surface area contributed by atoms with Crippen LogP contribution in [-0.2, 0) is 9.53 Å². The SMILES string of the molecule is COC(=O)[C@@H]1CCCNN1.Cl.Cl. The van der Waals surface area contributed by atoms with E-state index in [2.05, 4.69) is 15.6 Å². The molecule has 2 N–H and O–H groups in total. The van der Waals surface area contributed by atoms with Crippen LogP contribution in [0.4, 0.5) is 0 Å². The fraction of sp³-hybridized carbons (Fsp3) is 0.833. The van der Waals surface area contributed by atoms with Crippen molar-refractivity contribution in [2.24, 2.45) is 0 Å². The Bertz CT molecular complexity index is 129. The number of rotatable bonds is 1. The summed E-state index contributed by atoms with van der Waals surface area (Å²) in [6.07, 6.45) is 1.88. The monoisotopic (exact) mass is 216 g/mol. The van der Waals surface area contributed by atoms with Gasteiger partial charge in [-0.15, -0.1) is 24.8 Å². The number of methoxy groups -OCH3 is 1. The Morgan fingerprint density at radius 2 is 2.17 bits per heavy atom. The molecular weight excluding hydrogens is 203 g/mol. The van der Waals surface area contributed by atoms with Crippen molar-refractivity contribution in [3.8, 4) is 0 Å². The molecular formula is C6H14Cl2N2O2. The standard InChI is InChI=1S/C6H12N2O2.2ClH/c1-10-6(9)5-3-2-4-7-8-5;;/h5,7-8H,2-4H2,1H3;2*1H/t5-;;/m0../s1. The molecule has 74 valence electrons. The van der Waals surface area contributed by atoms with Gasteiger partial charge in [0.25, 0.3) is 0 Å². The molecule has 1 saturated heterocycles. The summed E-state index contributed by atoms with van der Waals surface area (Å²) in [5.41, 5.74) is 5.74. The van der Waals surface area contributed by atoms with Gasteiger partial charge in [0.2, 0.25) is 0 Å². The molecule has 1 fully saturated rings. The van der Waals surface area contributed by atoms with E-state index in [4.69, 9.17) is 0 Å². The van der Waals surface area contributed by atoms with Crippen molar-refractivity contribution in [3.63, 3.8) is 0 Å². The maximum absolute atomic E-state index is 10.8. The average molecular weight is 217 g/mol. The summed E-state index contributed by atoms with van der Waals surface area (Å²) in [6, 6.07) is -0.154. The molecule has 0 saturated carbocycles. The molecule has 12 heavy (non-hydrogen) atoms. The summed E-state index contributed by atoms with van der Waals surface area (Å²) in [4.78, 5) is 10.8. The molecule has 0 spiro atoms. The Morgan fingerprint density at radius 1 is 1.50 bits per heavy atom. The van der Waals surface area contributed by atoms with Crippen LogP contribution in [0.3, 0.4) is 0 Å². The molecule has 1 heterocycles. The molecule has 6 heteroatoms. The summed E-state index contributed by atoms with van der Waals surface area (Å²) in [5, 5.41) is 0. The van der Waals surface area contributed by atoms with E-state index in [0.717, 1.165) is 19.4 Å². The maximum Gasteiger partial charge on any atom is 0.324 e. The molecule has 0 amide bonds. The lowest BCUT2D eigenvalue weighted by Gasteiger charge is -2.21. The largest absolute Gasteiger partial charge is 0.468 e. The second-order valence-electron chi connectivity index (χ2n) is 2.29. The summed E-state index contributed by atoms with van der Waals surface area (Å²) < 4.78 is 4.55. The van der Waals surface area contributed by atoms with Crippen LogP contribution in [0.15, 0.2) is 0 Å². The highest BCUT2D eigenvalue weighted by Gasteiger charge is 2.20. The number of carbonyl (C=O) groups is 1. The third-order valence-electron chi connectivity index (χ3n) is 1.56. The first kappa shape index (κ1) is 14.5. The number of hydrogen-bond acceptors (Lipinski definition) is 4. The highest BCUT2D eigenvalue weighted by molar-refractivity contribution is 5.85. The van der Waals surface area contributed by atoms with Crippen LogP contribution in [0.1, 0.15) is 12.8 Å². The lowest BCUT2D eigenvalue weighted by Crippen LogP contribution is -2.50. The maximum atomic E-state index is 10.8. The Kier molecular flexibility index (Phi) is 9.19. The number of esters is 1. The van der Waals surface area contributed by atoms with Crippen molar-refractivity contribution in [1.29, 1.82) is 0 Å². The lowest BCUT2D eigenvalue weighted by molar-refractivity contribution is -0.144. The highest BCUT2D eigenvalue weighted by atomic mass is 35.5. The third-order valence-corrected chi connectivity index (χ3v) is 1.56. The first-order valence-electron chi connectivity index (χ1n) is 3.41. The smallest absolute Gasteiger partial charge is 0.324 e. The van der Waals surface area contributed by atoms with Gasteiger partial charge in [-0.25, -0.2) is 5.43 Å². The summed E-state index contributed by atoms with van der Waals surface area (Å²) in [6.45, 7) is 0.924. The number of nitrogens with one attached hydrogen (secondary N) is 2. The fourth-order valence-corrected chi connectivity index (χ4v) is 0.981. The molecule has 1 atom stereocenters. The van der Waals surface area contributed by atoms with Gasteiger partial charge in [0.15, 0.2) is 0 Å². The van der Waals surface area contributed by atoms with Crippen LogP contribution in [0.2, 0.25) is 0 Å². The van der Waals surface area contributed by atoms with Crippen LogP contribution in [0.5, 0.6) is 0 Å². The zero-order valence-electron chi connectivity index (χ0n) is 6.83. The molecule has 0 aromatic heterocycles. The van der Waals surface area contributed by atoms with E-state index in [-0.39, 0.29) is 36.8 Å². The molecule has 4 nitrogen and oxygen atoms in total. The van der Waals surface area contributed by atoms with Crippen molar-refractivity contribution in [3.05, 3.63) is 0 Å². The number of carbonyl (C=O) groups excluding carboxylic acids is 1. The van der Waals surface area contributed by atoms with Gasteiger partial charge in [0.1, 0.15) is 6.04 Å². The van der Waals surface area contributed by atoms with Gasteiger partial charge >= 0.3 is 5.97 Å². The van der Waals surface area contributed by atoms with Crippen LogP contribution < -0.4 is 10.9 Å². The average Bonchev–Trinajstić information content (AvgIpc) is 2.05. The van der Waals surface area contributed by atoms with Gasteiger partial charge in [0, 0.05) is 6.54 Å². The van der Waals surface area contributed by atoms with E-state index in [1.165, 1.54) is 7.11 Å². The van der Waals surface area contributed by atoms with Gasteiger partial charge in [-0.1, -0.05) is 0 Å². The van der Waals surface area contributed by atoms with Crippen LogP contribution >= 0.6 is 24.8 Å². The van der Waals surface area contributed by atoms with Crippen molar-refractivity contribution in [2.75, 3.05) is 13.7 Å². The summed E-state index contributed by atoms with van der Waals surface area (Å²) >= 11 is 0. The summed E-state index contributed by atoms with van der Waals surface area (Å²) in [5.74, 6) is -0.188. The van der Waals surface area contributed by atoms with E-state index in [9.17, 15) is 4.79 Å². The lowest BCUT2D eigenvalue weighted by atomic mass is 10.1. The number of hydrogen-bond donors (Lipinski definition) is 2. The molecule has 1 rings (SSSR count). The van der Waals surface area contributed by atoms with Crippen molar-refractivity contribution < 1.29 is 9.53 Å². The molecule has 1 aliphatic heterocycles. The predicted octanol–water partition coefficient (Wildman–Crippen LogP) is 0.260. The zero-order chi connectivity index (χ0) is 7.40. The van der Waals surface area contributed by atoms with E-state index >= 15 is 0 Å². The van der Waals surface area contributed by atoms with Crippen molar-refractivity contribution in [2.45, 2.75) is 18.9 Å². The zero-order valence-corrected chi connectivity index (χ0v) is 8.46. The topological polar surface area (TPSA) is 50.4 Å². The molecule has 0 radical (unpaired) electrons. The van der Waals surface area contributed by atoms with Crippen LogP contribution in [-0.4, -0.2) is 25.7 Å². The van der Waals surface area contributed by atoms with Crippen LogP contribution in [0, 0.1) is 0 Å². The number of hydrazine groups is 1. The van der Waals surface area contributed by atoms with E-state index in [1.807, 2.05) is 0 Å². The Morgan fingerprint density at radius 3 is 2.58 bits per heavy atom. The Hall–Kier alpha value is -0.0300. The second-order valence-corrected chi connectivity index (χ2v) is 2.29. The van der Waals surface area contributed by atoms with Gasteiger partial charge in [0.05, 0.1) is 7.11 Å². The molecule has 0 aromatic rings. The quantitative estimate of drug-likeness (QED) is 0.618. The van der Waals surface area contributed by atoms with E-state index < -0.39 is 0 Å². The third kappa shape index (κ3) is 4.11. The molecule has 0 bridgehead atoms. The van der Waals surface area contributed by atoms with E-state index in [0.29, 0.717) is 0 Å². The molecule has 1 aliphatic rings. The van der Waals surface area contributed by atoms with Gasteiger partial charge in [-0.05, 0) is 12.8 Å². The van der Waals surface area contributed by atoms with E-state index in [1.54, 1.807) is 0 Å². The minimum atomic E-state index is -0.188. The minimum Gasteiger partial charge on any atom is -0.468 e. The van der Waals surface area contributed by atoms with Gasteiger partial charge in [-0.2, -0.15) is 0 Å². The second kappa shape index (κ2) is 7.61. The van der Waals surface area contributed by atoms with Gasteiger partial charge in [-0.3, -0.25) is 10.2 Å². The fourth-order valence-electron chi connectivity index (χ4n) is 0.981. The van der Waals surface area contributed by atoms with Crippen LogP contribution in [0.25, 0.3) is 0 Å². The number of halogens is 2. The summed E-state index contributed by atoms with van der Waals surface area (Å²) in [7, 11) is 1.40. The molecule has 0 aromatic carbocycles. The predicted molar refractivity (Wildman–Crippen MR) is 50.7 cm³/mol. The minimum absolute atomic E-state index is 0.